The second-order valence-electron chi connectivity index (χ2n) is 6.56. The van der Waals surface area contributed by atoms with E-state index in [-0.39, 0.29) is 16.6 Å². The summed E-state index contributed by atoms with van der Waals surface area (Å²) in [7, 11) is -2.32. The Kier molecular flexibility index (Phi) is 2.74. The van der Waals surface area contributed by atoms with E-state index in [2.05, 4.69) is 6.55 Å². The molecule has 0 unspecified atom stereocenters. The fraction of sp³-hybridized carbons (Fsp3) is 1.00. The van der Waals surface area contributed by atoms with E-state index in [1.807, 2.05) is 0 Å². The van der Waals surface area contributed by atoms with Gasteiger partial charge in [-0.15, -0.1) is 0 Å². The summed E-state index contributed by atoms with van der Waals surface area (Å²) in [5.41, 5.74) is -1.15. The summed E-state index contributed by atoms with van der Waals surface area (Å²) in [6.45, 7) is 2.32. The van der Waals surface area contributed by atoms with Gasteiger partial charge in [0, 0.05) is 4.11 Å². The molecule has 17 heavy (non-hydrogen) atoms. The molecule has 0 spiro atoms. The van der Waals surface area contributed by atoms with Gasteiger partial charge < -0.3 is 0 Å². The lowest BCUT2D eigenvalue weighted by atomic mass is 10.3. The SMILES string of the molecule is [2H]C1([Si](C)(C2([2H])CCCC2)C2([2H])CCCC2)CCCC1. The van der Waals surface area contributed by atoms with Gasteiger partial charge in [-0.3, -0.25) is 0 Å². The zero-order valence-electron chi connectivity index (χ0n) is 14.5. The van der Waals surface area contributed by atoms with Crippen LogP contribution in [-0.4, -0.2) is 8.07 Å². The van der Waals surface area contributed by atoms with Crippen LogP contribution < -0.4 is 0 Å². The molecule has 0 aromatic rings. The summed E-state index contributed by atoms with van der Waals surface area (Å²) < 4.78 is 27.7. The van der Waals surface area contributed by atoms with Gasteiger partial charge in [0.15, 0.2) is 0 Å². The molecule has 1 heteroatoms. The van der Waals surface area contributed by atoms with E-state index in [9.17, 15) is 4.11 Å². The molecule has 0 heterocycles. The van der Waals surface area contributed by atoms with Crippen LogP contribution in [0.5, 0.6) is 0 Å². The molecule has 0 N–H and O–H groups in total. The number of hydrogen-bond acceptors (Lipinski definition) is 0. The Hall–Kier alpha value is 0.217. The molecular weight excluding hydrogens is 220 g/mol. The van der Waals surface area contributed by atoms with Crippen LogP contribution in [0.3, 0.4) is 0 Å². The predicted octanol–water partition coefficient (Wildman–Crippen LogP) is 5.90. The first kappa shape index (κ1) is 9.17. The average molecular weight is 254 g/mol. The topological polar surface area (TPSA) is 0 Å². The molecule has 3 rings (SSSR count). The summed E-state index contributed by atoms with van der Waals surface area (Å²) in [5, 5.41) is 0. The summed E-state index contributed by atoms with van der Waals surface area (Å²) >= 11 is 0. The van der Waals surface area contributed by atoms with Crippen molar-refractivity contribution in [2.45, 2.75) is 100 Å². The standard InChI is InChI=1S/C16H30Si/c1-17(14-8-2-3-9-14,15-10-4-5-11-15)16-12-6-7-13-16/h14-16H,2-13H2,1H3/i14D,15D,16D. The quantitative estimate of drug-likeness (QED) is 0.549. The monoisotopic (exact) mass is 253 g/mol. The predicted molar refractivity (Wildman–Crippen MR) is 78.3 cm³/mol. The first-order valence-electron chi connectivity index (χ1n) is 9.37. The molecule has 0 amide bonds. The van der Waals surface area contributed by atoms with Crippen molar-refractivity contribution in [3.05, 3.63) is 0 Å². The lowest BCUT2D eigenvalue weighted by Gasteiger charge is -2.44. The highest BCUT2D eigenvalue weighted by Crippen LogP contribution is 2.58. The lowest BCUT2D eigenvalue weighted by molar-refractivity contribution is 0.679. The maximum atomic E-state index is 9.24. The van der Waals surface area contributed by atoms with Crippen LogP contribution in [0.25, 0.3) is 0 Å². The molecule has 0 aromatic carbocycles. The first-order valence-corrected chi connectivity index (χ1v) is 10.4. The van der Waals surface area contributed by atoms with Crippen LogP contribution in [0.4, 0.5) is 0 Å². The summed E-state index contributed by atoms with van der Waals surface area (Å²) in [6.07, 6.45) is 12.9. The number of rotatable bonds is 3. The van der Waals surface area contributed by atoms with Gasteiger partial charge in [0.1, 0.15) is 0 Å². The molecule has 0 radical (unpaired) electrons. The minimum Gasteiger partial charge on any atom is -0.0685 e. The molecule has 3 fully saturated rings. The van der Waals surface area contributed by atoms with Crippen LogP contribution in [0.2, 0.25) is 23.1 Å². The molecular formula is C16H30Si. The van der Waals surface area contributed by atoms with Crippen molar-refractivity contribution in [1.82, 2.24) is 0 Å². The van der Waals surface area contributed by atoms with Crippen LogP contribution in [0, 0.1) is 0 Å². The molecule has 0 bridgehead atoms. The smallest absolute Gasteiger partial charge is 0.0598 e. The highest BCUT2D eigenvalue weighted by atomic mass is 28.3. The molecule has 0 saturated heterocycles. The van der Waals surface area contributed by atoms with E-state index in [1.165, 1.54) is 0 Å². The third kappa shape index (κ3) is 2.13. The largest absolute Gasteiger partial charge is 0.0685 e. The van der Waals surface area contributed by atoms with E-state index in [1.54, 1.807) is 0 Å². The molecule has 0 atom stereocenters. The summed E-state index contributed by atoms with van der Waals surface area (Å²) in [4.78, 5) is 0. The van der Waals surface area contributed by atoms with Gasteiger partial charge in [-0.25, -0.2) is 0 Å². The second-order valence-corrected chi connectivity index (χ2v) is 10.9. The van der Waals surface area contributed by atoms with Crippen molar-refractivity contribution in [2.24, 2.45) is 0 Å². The van der Waals surface area contributed by atoms with Crippen molar-refractivity contribution in [1.29, 1.82) is 0 Å². The Balaban J connectivity index is 2.07. The van der Waals surface area contributed by atoms with Crippen LogP contribution in [0.1, 0.15) is 81.2 Å². The normalized spacial score (nSPS) is 37.6. The second kappa shape index (κ2) is 5.07. The molecule has 0 aliphatic heterocycles. The molecule has 3 saturated carbocycles. The van der Waals surface area contributed by atoms with Crippen molar-refractivity contribution in [3.63, 3.8) is 0 Å². The maximum Gasteiger partial charge on any atom is 0.0598 e. The van der Waals surface area contributed by atoms with E-state index in [0.717, 1.165) is 77.0 Å². The summed E-state index contributed by atoms with van der Waals surface area (Å²) in [6, 6.07) is 0. The average Bonchev–Trinajstić information content (AvgIpc) is 3.12. The molecule has 0 nitrogen and oxygen atoms in total. The first-order chi connectivity index (χ1) is 9.37. The van der Waals surface area contributed by atoms with Gasteiger partial charge in [-0.1, -0.05) is 83.6 Å². The minimum absolute atomic E-state index is 0.384. The fourth-order valence-corrected chi connectivity index (χ4v) is 10.2. The molecule has 98 valence electrons. The van der Waals surface area contributed by atoms with Crippen molar-refractivity contribution in [3.8, 4) is 0 Å². The van der Waals surface area contributed by atoms with Gasteiger partial charge in [0.25, 0.3) is 0 Å². The van der Waals surface area contributed by atoms with E-state index >= 15 is 0 Å². The minimum atomic E-state index is -2.32. The highest BCUT2D eigenvalue weighted by molar-refractivity contribution is 6.82. The van der Waals surface area contributed by atoms with E-state index in [0.29, 0.717) is 0 Å². The Morgan fingerprint density at radius 3 is 1.12 bits per heavy atom. The molecule has 3 aliphatic carbocycles. The van der Waals surface area contributed by atoms with E-state index in [4.69, 9.17) is 0 Å². The maximum absolute atomic E-state index is 9.24. The van der Waals surface area contributed by atoms with Crippen LogP contribution in [-0.2, 0) is 0 Å². The highest BCUT2D eigenvalue weighted by Gasteiger charge is 2.50. The van der Waals surface area contributed by atoms with Gasteiger partial charge in [0.05, 0.1) is 8.07 Å². The Morgan fingerprint density at radius 1 is 0.647 bits per heavy atom. The Bertz CT molecular complexity index is 309. The van der Waals surface area contributed by atoms with Gasteiger partial charge in [-0.2, -0.15) is 0 Å². The van der Waals surface area contributed by atoms with Gasteiger partial charge >= 0.3 is 0 Å². The van der Waals surface area contributed by atoms with Crippen molar-refractivity contribution in [2.75, 3.05) is 0 Å². The zero-order chi connectivity index (χ0) is 14.5. The third-order valence-corrected chi connectivity index (χ3v) is 11.5. The fourth-order valence-electron chi connectivity index (χ4n) is 4.66. The van der Waals surface area contributed by atoms with E-state index < -0.39 is 8.07 Å². The Labute approximate surface area is 113 Å². The molecule has 3 aliphatic rings. The van der Waals surface area contributed by atoms with Crippen molar-refractivity contribution < 1.29 is 4.11 Å². The lowest BCUT2D eigenvalue weighted by Crippen LogP contribution is -2.44. The number of hydrogen-bond donors (Lipinski definition) is 0. The molecule has 0 aromatic heterocycles. The third-order valence-electron chi connectivity index (χ3n) is 5.74. The van der Waals surface area contributed by atoms with Crippen LogP contribution >= 0.6 is 0 Å². The Morgan fingerprint density at radius 2 is 0.882 bits per heavy atom. The van der Waals surface area contributed by atoms with Crippen LogP contribution in [0.15, 0.2) is 0 Å². The van der Waals surface area contributed by atoms with Crippen molar-refractivity contribution >= 4 is 8.07 Å². The zero-order valence-corrected chi connectivity index (χ0v) is 12.5. The van der Waals surface area contributed by atoms with Gasteiger partial charge in [-0.05, 0) is 16.6 Å². The van der Waals surface area contributed by atoms with Gasteiger partial charge in [0.2, 0.25) is 0 Å². The summed E-state index contributed by atoms with van der Waals surface area (Å²) in [5.74, 6) is 0.